The molecule has 0 unspecified atom stereocenters. The van der Waals surface area contributed by atoms with Gasteiger partial charge in [-0.1, -0.05) is 0 Å². The predicted octanol–water partition coefficient (Wildman–Crippen LogP) is 4.18. The molecule has 0 saturated heterocycles. The molecular formula is C24H20N4O7. The molecule has 1 aliphatic heterocycles. The standard InChI is InChI=1S/C24H20N4O7/c1-14-11-19(15(2)27(14)18-7-8-20-21(12-18)33-10-9-32-20)24(29)34-13-22-25-26-23(35-22)16-3-5-17(6-4-16)28(30)31/h3-8,11-12H,9-10,13H2,1-2H3. The number of aromatic nitrogens is 3. The smallest absolute Gasteiger partial charge is 0.340 e. The second kappa shape index (κ2) is 8.93. The van der Waals surface area contributed by atoms with Gasteiger partial charge in [-0.2, -0.15) is 0 Å². The first-order chi connectivity index (χ1) is 16.9. The molecule has 0 saturated carbocycles. The molecule has 3 heterocycles. The molecule has 1 aliphatic rings. The van der Waals surface area contributed by atoms with Crippen molar-refractivity contribution in [3.8, 4) is 28.6 Å². The third kappa shape index (κ3) is 4.31. The highest BCUT2D eigenvalue weighted by Gasteiger charge is 2.21. The fourth-order valence-electron chi connectivity index (χ4n) is 3.90. The third-order valence-corrected chi connectivity index (χ3v) is 5.55. The molecule has 0 amide bonds. The van der Waals surface area contributed by atoms with Gasteiger partial charge in [-0.25, -0.2) is 4.79 Å². The fraction of sp³-hybridized carbons (Fsp3) is 0.208. The Balaban J connectivity index is 1.29. The van der Waals surface area contributed by atoms with E-state index >= 15 is 0 Å². The average molecular weight is 476 g/mol. The SMILES string of the molecule is Cc1cc(C(=O)OCc2nnc(-c3ccc([N+](=O)[O-])cc3)o2)c(C)n1-c1ccc2c(c1)OCCO2. The maximum absolute atomic E-state index is 12.8. The van der Waals surface area contributed by atoms with Gasteiger partial charge in [0.25, 0.3) is 11.6 Å². The number of aryl methyl sites for hydroxylation is 1. The Labute approximate surface area is 199 Å². The van der Waals surface area contributed by atoms with Crippen molar-refractivity contribution in [2.75, 3.05) is 13.2 Å². The van der Waals surface area contributed by atoms with Gasteiger partial charge in [0, 0.05) is 40.8 Å². The quantitative estimate of drug-likeness (QED) is 0.228. The lowest BCUT2D eigenvalue weighted by molar-refractivity contribution is -0.384. The van der Waals surface area contributed by atoms with Crippen molar-refractivity contribution in [2.45, 2.75) is 20.5 Å². The van der Waals surface area contributed by atoms with Crippen LogP contribution < -0.4 is 9.47 Å². The molecule has 0 atom stereocenters. The lowest BCUT2D eigenvalue weighted by atomic mass is 10.2. The molecule has 0 aliphatic carbocycles. The van der Waals surface area contributed by atoms with E-state index in [9.17, 15) is 14.9 Å². The Hall–Kier alpha value is -4.67. The van der Waals surface area contributed by atoms with E-state index in [1.54, 1.807) is 6.07 Å². The number of hydrogen-bond acceptors (Lipinski definition) is 9. The fourth-order valence-corrected chi connectivity index (χ4v) is 3.90. The van der Waals surface area contributed by atoms with Crippen LogP contribution in [0.3, 0.4) is 0 Å². The predicted molar refractivity (Wildman–Crippen MR) is 122 cm³/mol. The summed E-state index contributed by atoms with van der Waals surface area (Å²) in [6.45, 7) is 4.51. The van der Waals surface area contributed by atoms with Crippen LogP contribution in [0, 0.1) is 24.0 Å². The largest absolute Gasteiger partial charge is 0.486 e. The van der Waals surface area contributed by atoms with Gasteiger partial charge in [-0.15, -0.1) is 10.2 Å². The van der Waals surface area contributed by atoms with E-state index in [4.69, 9.17) is 18.6 Å². The monoisotopic (exact) mass is 476 g/mol. The summed E-state index contributed by atoms with van der Waals surface area (Å²) in [6, 6.07) is 13.1. The van der Waals surface area contributed by atoms with Gasteiger partial charge in [-0.3, -0.25) is 10.1 Å². The molecule has 178 valence electrons. The van der Waals surface area contributed by atoms with Crippen molar-refractivity contribution in [3.05, 3.63) is 81.5 Å². The highest BCUT2D eigenvalue weighted by atomic mass is 16.6. The summed E-state index contributed by atoms with van der Waals surface area (Å²) in [7, 11) is 0. The van der Waals surface area contributed by atoms with Gasteiger partial charge in [-0.05, 0) is 44.2 Å². The first-order valence-corrected chi connectivity index (χ1v) is 10.7. The molecule has 5 rings (SSSR count). The van der Waals surface area contributed by atoms with Crippen molar-refractivity contribution >= 4 is 11.7 Å². The number of esters is 1. The molecule has 11 heteroatoms. The van der Waals surface area contributed by atoms with E-state index in [1.165, 1.54) is 24.3 Å². The van der Waals surface area contributed by atoms with Crippen LogP contribution in [-0.2, 0) is 11.3 Å². The van der Waals surface area contributed by atoms with Crippen molar-refractivity contribution in [2.24, 2.45) is 0 Å². The summed E-state index contributed by atoms with van der Waals surface area (Å²) in [4.78, 5) is 23.1. The van der Waals surface area contributed by atoms with Crippen LogP contribution in [0.25, 0.3) is 17.1 Å². The number of fused-ring (bicyclic) bond motifs is 1. The minimum absolute atomic E-state index is 0.0451. The summed E-state index contributed by atoms with van der Waals surface area (Å²) >= 11 is 0. The molecule has 2 aromatic carbocycles. The Morgan fingerprint density at radius 3 is 2.54 bits per heavy atom. The van der Waals surface area contributed by atoms with Gasteiger partial charge < -0.3 is 23.2 Å². The van der Waals surface area contributed by atoms with E-state index in [0.29, 0.717) is 41.5 Å². The number of carbonyl (C=O) groups is 1. The number of non-ortho nitro benzene ring substituents is 1. The molecule has 0 bridgehead atoms. The Morgan fingerprint density at radius 1 is 1.06 bits per heavy atom. The minimum Gasteiger partial charge on any atom is -0.486 e. The van der Waals surface area contributed by atoms with Crippen molar-refractivity contribution in [3.63, 3.8) is 0 Å². The average Bonchev–Trinajstić information content (AvgIpc) is 3.46. The number of benzene rings is 2. The second-order valence-corrected chi connectivity index (χ2v) is 7.83. The maximum atomic E-state index is 12.8. The normalized spacial score (nSPS) is 12.4. The minimum atomic E-state index is -0.531. The van der Waals surface area contributed by atoms with Crippen LogP contribution in [0.1, 0.15) is 27.6 Å². The van der Waals surface area contributed by atoms with Crippen molar-refractivity contribution in [1.82, 2.24) is 14.8 Å². The molecular weight excluding hydrogens is 456 g/mol. The van der Waals surface area contributed by atoms with Gasteiger partial charge in [0.2, 0.25) is 5.89 Å². The number of hydrogen-bond donors (Lipinski definition) is 0. The summed E-state index contributed by atoms with van der Waals surface area (Å²) in [5.41, 5.74) is 3.28. The van der Waals surface area contributed by atoms with Crippen LogP contribution >= 0.6 is 0 Å². The van der Waals surface area contributed by atoms with Gasteiger partial charge in [0.05, 0.1) is 10.5 Å². The van der Waals surface area contributed by atoms with Gasteiger partial charge in [0.15, 0.2) is 18.1 Å². The summed E-state index contributed by atoms with van der Waals surface area (Å²) in [5.74, 6) is 1.09. The van der Waals surface area contributed by atoms with Crippen LogP contribution in [-0.4, -0.2) is 38.9 Å². The first-order valence-electron chi connectivity index (χ1n) is 10.7. The highest BCUT2D eigenvalue weighted by molar-refractivity contribution is 5.91. The van der Waals surface area contributed by atoms with E-state index in [0.717, 1.165) is 11.4 Å². The maximum Gasteiger partial charge on any atom is 0.340 e. The summed E-state index contributed by atoms with van der Waals surface area (Å²) < 4.78 is 24.1. The number of nitrogens with zero attached hydrogens (tertiary/aromatic N) is 4. The molecule has 11 nitrogen and oxygen atoms in total. The van der Waals surface area contributed by atoms with E-state index in [-0.39, 0.29) is 24.1 Å². The molecule has 0 fully saturated rings. The third-order valence-electron chi connectivity index (χ3n) is 5.55. The first kappa shape index (κ1) is 22.1. The molecule has 0 radical (unpaired) electrons. The zero-order chi connectivity index (χ0) is 24.5. The zero-order valence-electron chi connectivity index (χ0n) is 18.9. The topological polar surface area (TPSA) is 132 Å². The van der Waals surface area contributed by atoms with Crippen molar-refractivity contribution in [1.29, 1.82) is 0 Å². The van der Waals surface area contributed by atoms with Gasteiger partial charge in [0.1, 0.15) is 13.2 Å². The second-order valence-electron chi connectivity index (χ2n) is 7.83. The van der Waals surface area contributed by atoms with Crippen LogP contribution in [0.5, 0.6) is 11.5 Å². The molecule has 0 N–H and O–H groups in total. The lowest BCUT2D eigenvalue weighted by Gasteiger charge is -2.20. The highest BCUT2D eigenvalue weighted by Crippen LogP contribution is 2.33. The van der Waals surface area contributed by atoms with E-state index in [1.807, 2.05) is 36.6 Å². The van der Waals surface area contributed by atoms with Crippen LogP contribution in [0.2, 0.25) is 0 Å². The lowest BCUT2D eigenvalue weighted by Crippen LogP contribution is -2.15. The van der Waals surface area contributed by atoms with Crippen molar-refractivity contribution < 1.29 is 28.3 Å². The molecule has 2 aromatic heterocycles. The number of ether oxygens (including phenoxy) is 3. The Morgan fingerprint density at radius 2 is 1.80 bits per heavy atom. The molecule has 0 spiro atoms. The Bertz CT molecular complexity index is 1420. The zero-order valence-corrected chi connectivity index (χ0v) is 18.9. The Kier molecular flexibility index (Phi) is 5.65. The molecule has 35 heavy (non-hydrogen) atoms. The number of nitro groups is 1. The molecule has 4 aromatic rings. The number of nitro benzene ring substituents is 1. The van der Waals surface area contributed by atoms with Gasteiger partial charge >= 0.3 is 5.97 Å². The van der Waals surface area contributed by atoms with Crippen LogP contribution in [0.4, 0.5) is 5.69 Å². The van der Waals surface area contributed by atoms with E-state index < -0.39 is 10.9 Å². The number of carbonyl (C=O) groups excluding carboxylic acids is 1. The summed E-state index contributed by atoms with van der Waals surface area (Å²) in [5, 5.41) is 18.6. The summed E-state index contributed by atoms with van der Waals surface area (Å²) in [6.07, 6.45) is 0. The number of rotatable bonds is 6. The van der Waals surface area contributed by atoms with E-state index in [2.05, 4.69) is 10.2 Å². The van der Waals surface area contributed by atoms with Crippen LogP contribution in [0.15, 0.2) is 52.9 Å².